The molecule has 0 fully saturated rings. The zero-order valence-corrected chi connectivity index (χ0v) is 12.7. The number of anilines is 2. The first-order valence-corrected chi connectivity index (χ1v) is 8.03. The highest BCUT2D eigenvalue weighted by atomic mass is 16.1. The first kappa shape index (κ1) is 13.4. The molecule has 0 amide bonds. The van der Waals surface area contributed by atoms with Gasteiger partial charge in [-0.25, -0.2) is 9.97 Å². The predicted molar refractivity (Wildman–Crippen MR) is 85.6 cm³/mol. The number of benzene rings is 1. The lowest BCUT2D eigenvalue weighted by molar-refractivity contribution is 0.0934. The Morgan fingerprint density at radius 2 is 2.18 bits per heavy atom. The number of rotatable bonds is 3. The van der Waals surface area contributed by atoms with E-state index in [0.717, 1.165) is 54.7 Å². The summed E-state index contributed by atoms with van der Waals surface area (Å²) in [5.74, 6) is 1.37. The molecule has 1 unspecified atom stereocenters. The van der Waals surface area contributed by atoms with Crippen LogP contribution in [0.4, 0.5) is 11.5 Å². The number of nitrogens with zero attached hydrogens (tertiary/aromatic N) is 2. The molecule has 0 bridgehead atoms. The maximum absolute atomic E-state index is 12.2. The maximum Gasteiger partial charge on any atom is 0.166 e. The van der Waals surface area contributed by atoms with Gasteiger partial charge in [-0.3, -0.25) is 4.79 Å². The van der Waals surface area contributed by atoms with Crippen molar-refractivity contribution < 1.29 is 4.79 Å². The van der Waals surface area contributed by atoms with Crippen LogP contribution in [0.25, 0.3) is 0 Å². The predicted octanol–water partition coefficient (Wildman–Crippen LogP) is 3.47. The molecule has 1 aromatic heterocycles. The smallest absolute Gasteiger partial charge is 0.166 e. The Bertz CT molecular complexity index is 754. The van der Waals surface area contributed by atoms with Gasteiger partial charge in [0, 0.05) is 28.4 Å². The lowest BCUT2D eigenvalue weighted by Gasteiger charge is -2.10. The summed E-state index contributed by atoms with van der Waals surface area (Å²) in [6, 6.07) is 6.04. The highest BCUT2D eigenvalue weighted by molar-refractivity contribution is 6.02. The average Bonchev–Trinajstić information content (AvgIpc) is 3.12. The highest BCUT2D eigenvalue weighted by Gasteiger charge is 2.29. The third-order valence-electron chi connectivity index (χ3n) is 4.84. The molecule has 1 N–H and O–H groups in total. The molecular weight excluding hydrogens is 274 g/mol. The van der Waals surface area contributed by atoms with Crippen LogP contribution in [-0.4, -0.2) is 15.8 Å². The number of hydrogen-bond acceptors (Lipinski definition) is 4. The van der Waals surface area contributed by atoms with Crippen molar-refractivity contribution in [2.24, 2.45) is 5.92 Å². The Morgan fingerprint density at radius 3 is 3.05 bits per heavy atom. The Hall–Kier alpha value is -2.23. The molecule has 0 saturated carbocycles. The highest BCUT2D eigenvalue weighted by Crippen LogP contribution is 2.32. The lowest BCUT2D eigenvalue weighted by Crippen LogP contribution is -2.06. The van der Waals surface area contributed by atoms with Crippen molar-refractivity contribution in [3.05, 3.63) is 46.9 Å². The number of Topliss-reactive ketones (excluding diaryl/α,β-unsaturated/α-hetero) is 1. The molecule has 1 aromatic carbocycles. The number of nitrogens with one attached hydrogen (secondary N) is 1. The minimum Gasteiger partial charge on any atom is -0.340 e. The molecule has 0 saturated heterocycles. The Morgan fingerprint density at radius 1 is 1.27 bits per heavy atom. The monoisotopic (exact) mass is 293 g/mol. The van der Waals surface area contributed by atoms with Crippen LogP contribution in [0.15, 0.2) is 24.5 Å². The third kappa shape index (κ3) is 2.10. The van der Waals surface area contributed by atoms with E-state index in [0.29, 0.717) is 5.78 Å². The molecule has 0 radical (unpaired) electrons. The fourth-order valence-corrected chi connectivity index (χ4v) is 3.59. The van der Waals surface area contributed by atoms with Crippen molar-refractivity contribution in [1.82, 2.24) is 9.97 Å². The maximum atomic E-state index is 12.2. The van der Waals surface area contributed by atoms with E-state index in [4.69, 9.17) is 0 Å². The van der Waals surface area contributed by atoms with Crippen molar-refractivity contribution in [2.75, 3.05) is 5.32 Å². The zero-order chi connectivity index (χ0) is 15.1. The minimum atomic E-state index is 0.161. The molecule has 0 aliphatic heterocycles. The molecule has 4 nitrogen and oxygen atoms in total. The number of ketones is 1. The van der Waals surface area contributed by atoms with Gasteiger partial charge in [0.15, 0.2) is 5.78 Å². The first-order valence-electron chi connectivity index (χ1n) is 8.03. The molecular formula is C18H19N3O. The van der Waals surface area contributed by atoms with Crippen LogP contribution in [0.3, 0.4) is 0 Å². The van der Waals surface area contributed by atoms with Crippen molar-refractivity contribution in [1.29, 1.82) is 0 Å². The third-order valence-corrected chi connectivity index (χ3v) is 4.84. The molecule has 1 heterocycles. The van der Waals surface area contributed by atoms with Gasteiger partial charge in [-0.05, 0) is 55.9 Å². The number of carbonyl (C=O) groups is 1. The van der Waals surface area contributed by atoms with Crippen molar-refractivity contribution in [3.63, 3.8) is 0 Å². The van der Waals surface area contributed by atoms with Crippen LogP contribution < -0.4 is 5.32 Å². The number of hydrogen-bond donors (Lipinski definition) is 1. The summed E-state index contributed by atoms with van der Waals surface area (Å²) in [5.41, 5.74) is 5.47. The Balaban J connectivity index is 1.64. The van der Waals surface area contributed by atoms with Crippen LogP contribution in [0.5, 0.6) is 0 Å². The average molecular weight is 293 g/mol. The molecule has 112 valence electrons. The molecule has 2 aromatic rings. The molecule has 22 heavy (non-hydrogen) atoms. The van der Waals surface area contributed by atoms with Gasteiger partial charge in [-0.2, -0.15) is 0 Å². The number of fused-ring (bicyclic) bond motifs is 2. The van der Waals surface area contributed by atoms with E-state index in [9.17, 15) is 4.79 Å². The van der Waals surface area contributed by atoms with Crippen molar-refractivity contribution >= 4 is 17.3 Å². The summed E-state index contributed by atoms with van der Waals surface area (Å²) in [4.78, 5) is 21.0. The second kappa shape index (κ2) is 5.20. The summed E-state index contributed by atoms with van der Waals surface area (Å²) in [5, 5.41) is 3.42. The van der Waals surface area contributed by atoms with Gasteiger partial charge in [-0.1, -0.05) is 6.92 Å². The Kier molecular flexibility index (Phi) is 3.17. The van der Waals surface area contributed by atoms with Crippen LogP contribution in [0.1, 0.15) is 46.9 Å². The number of carbonyl (C=O) groups excluding carboxylic acids is 1. The molecule has 2 aliphatic carbocycles. The Labute approximate surface area is 130 Å². The topological polar surface area (TPSA) is 54.9 Å². The van der Waals surface area contributed by atoms with E-state index in [1.165, 1.54) is 11.3 Å². The lowest BCUT2D eigenvalue weighted by atomic mass is 10.0. The molecule has 1 atom stereocenters. The standard InChI is InChI=1S/C18H19N3O/c1-2-11-8-12-9-13(6-7-14(12)17(11)22)21-18-15-4-3-5-16(15)19-10-20-18/h6-7,9-11H,2-5,8H2,1H3,(H,19,20,21). The van der Waals surface area contributed by atoms with E-state index in [-0.39, 0.29) is 5.92 Å². The normalized spacial score (nSPS) is 19.1. The summed E-state index contributed by atoms with van der Waals surface area (Å²) >= 11 is 0. The van der Waals surface area contributed by atoms with Gasteiger partial charge >= 0.3 is 0 Å². The largest absolute Gasteiger partial charge is 0.340 e. The number of aromatic nitrogens is 2. The fraction of sp³-hybridized carbons (Fsp3) is 0.389. The summed E-state index contributed by atoms with van der Waals surface area (Å²) in [6.07, 6.45) is 6.65. The van der Waals surface area contributed by atoms with Gasteiger partial charge in [0.1, 0.15) is 12.1 Å². The van der Waals surface area contributed by atoms with Gasteiger partial charge in [0.2, 0.25) is 0 Å². The summed E-state index contributed by atoms with van der Waals surface area (Å²) in [6.45, 7) is 2.08. The molecule has 4 heteroatoms. The summed E-state index contributed by atoms with van der Waals surface area (Å²) in [7, 11) is 0. The van der Waals surface area contributed by atoms with Gasteiger partial charge < -0.3 is 5.32 Å². The van der Waals surface area contributed by atoms with Crippen molar-refractivity contribution in [2.45, 2.75) is 39.0 Å². The minimum absolute atomic E-state index is 0.161. The van der Waals surface area contributed by atoms with Gasteiger partial charge in [-0.15, -0.1) is 0 Å². The van der Waals surface area contributed by atoms with Crippen LogP contribution in [0.2, 0.25) is 0 Å². The van der Waals surface area contributed by atoms with Gasteiger partial charge in [0.25, 0.3) is 0 Å². The second-order valence-electron chi connectivity index (χ2n) is 6.17. The zero-order valence-electron chi connectivity index (χ0n) is 12.7. The van der Waals surface area contributed by atoms with Gasteiger partial charge in [0.05, 0.1) is 0 Å². The van der Waals surface area contributed by atoms with E-state index >= 15 is 0 Å². The van der Waals surface area contributed by atoms with Crippen molar-refractivity contribution in [3.8, 4) is 0 Å². The SMILES string of the molecule is CCC1Cc2cc(Nc3ncnc4c3CCC4)ccc2C1=O. The van der Waals surface area contributed by atoms with Crippen LogP contribution >= 0.6 is 0 Å². The quantitative estimate of drug-likeness (QED) is 0.941. The van der Waals surface area contributed by atoms with E-state index in [1.807, 2.05) is 12.1 Å². The number of aryl methyl sites for hydroxylation is 1. The summed E-state index contributed by atoms with van der Waals surface area (Å²) < 4.78 is 0. The van der Waals surface area contributed by atoms with E-state index < -0.39 is 0 Å². The van der Waals surface area contributed by atoms with Crippen LogP contribution in [0, 0.1) is 5.92 Å². The van der Waals surface area contributed by atoms with Crippen LogP contribution in [-0.2, 0) is 19.3 Å². The molecule has 0 spiro atoms. The second-order valence-corrected chi connectivity index (χ2v) is 6.17. The fourth-order valence-electron chi connectivity index (χ4n) is 3.59. The van der Waals surface area contributed by atoms with E-state index in [1.54, 1.807) is 6.33 Å². The molecule has 4 rings (SSSR count). The molecule has 2 aliphatic rings. The first-order chi connectivity index (χ1) is 10.8. The van der Waals surface area contributed by atoms with E-state index in [2.05, 4.69) is 28.3 Å².